The first kappa shape index (κ1) is 16.5. The van der Waals surface area contributed by atoms with E-state index in [2.05, 4.69) is 14.7 Å². The number of imidazole rings is 1. The number of nitrogens with one attached hydrogen (secondary N) is 2. The lowest BCUT2D eigenvalue weighted by Gasteiger charge is -2.10. The second-order valence-electron chi connectivity index (χ2n) is 5.49. The van der Waals surface area contributed by atoms with Gasteiger partial charge in [-0.2, -0.15) is 0 Å². The van der Waals surface area contributed by atoms with Crippen LogP contribution in [0.3, 0.4) is 0 Å². The molecule has 3 aromatic rings. The molecule has 3 rings (SSSR count). The van der Waals surface area contributed by atoms with E-state index in [1.165, 1.54) is 0 Å². The Morgan fingerprint density at radius 2 is 1.83 bits per heavy atom. The molecule has 0 saturated heterocycles. The van der Waals surface area contributed by atoms with Crippen LogP contribution in [0.15, 0.2) is 48.5 Å². The van der Waals surface area contributed by atoms with Gasteiger partial charge in [0.15, 0.2) is 0 Å². The van der Waals surface area contributed by atoms with Crippen molar-refractivity contribution in [3.05, 3.63) is 59.2 Å². The number of halogens is 1. The maximum atomic E-state index is 11.6. The van der Waals surface area contributed by atoms with Crippen molar-refractivity contribution >= 4 is 27.3 Å². The molecule has 2 aromatic carbocycles. The number of sulfonamides is 1. The third-order valence-corrected chi connectivity index (χ3v) is 4.29. The molecule has 2 N–H and O–H groups in total. The van der Waals surface area contributed by atoms with Crippen molar-refractivity contribution in [2.24, 2.45) is 0 Å². The van der Waals surface area contributed by atoms with Gasteiger partial charge in [-0.1, -0.05) is 41.9 Å². The molecule has 7 heteroatoms. The largest absolute Gasteiger partial charge is 0.342 e. The van der Waals surface area contributed by atoms with E-state index in [1.54, 1.807) is 18.2 Å². The number of hydrogen-bond donors (Lipinski definition) is 2. The van der Waals surface area contributed by atoms with E-state index in [-0.39, 0.29) is 0 Å². The molecule has 0 bridgehead atoms. The lowest BCUT2D eigenvalue weighted by molar-refractivity contribution is 0.607. The van der Waals surface area contributed by atoms with Gasteiger partial charge in [-0.25, -0.2) is 13.4 Å². The summed E-state index contributed by atoms with van der Waals surface area (Å²) in [5.74, 6) is 0.716. The van der Waals surface area contributed by atoms with E-state index in [4.69, 9.17) is 11.6 Å². The first-order chi connectivity index (χ1) is 11.3. The fourth-order valence-electron chi connectivity index (χ4n) is 2.46. The topological polar surface area (TPSA) is 74.8 Å². The molecule has 124 valence electrons. The van der Waals surface area contributed by atoms with Crippen molar-refractivity contribution in [2.45, 2.75) is 6.92 Å². The number of benzene rings is 2. The molecule has 0 fully saturated rings. The minimum absolute atomic E-state index is 0.441. The van der Waals surface area contributed by atoms with Gasteiger partial charge in [-0.05, 0) is 25.1 Å². The maximum Gasteiger partial charge on any atom is 0.229 e. The quantitative estimate of drug-likeness (QED) is 0.735. The number of rotatable bonds is 4. The van der Waals surface area contributed by atoms with Crippen LogP contribution in [0.5, 0.6) is 0 Å². The summed E-state index contributed by atoms with van der Waals surface area (Å²) in [6, 6.07) is 14.7. The van der Waals surface area contributed by atoms with Gasteiger partial charge in [0.25, 0.3) is 0 Å². The van der Waals surface area contributed by atoms with Crippen LogP contribution in [0, 0.1) is 6.92 Å². The van der Waals surface area contributed by atoms with Crippen molar-refractivity contribution < 1.29 is 8.42 Å². The molecule has 0 unspecified atom stereocenters. The Hall–Kier alpha value is -2.31. The predicted molar refractivity (Wildman–Crippen MR) is 97.7 cm³/mol. The Morgan fingerprint density at radius 1 is 1.12 bits per heavy atom. The van der Waals surface area contributed by atoms with Crippen LogP contribution in [0.1, 0.15) is 5.69 Å². The van der Waals surface area contributed by atoms with Gasteiger partial charge >= 0.3 is 0 Å². The molecule has 0 aliphatic carbocycles. The van der Waals surface area contributed by atoms with Crippen LogP contribution in [0.2, 0.25) is 5.02 Å². The van der Waals surface area contributed by atoms with Crippen LogP contribution in [-0.2, 0) is 10.0 Å². The highest BCUT2D eigenvalue weighted by molar-refractivity contribution is 7.92. The second kappa shape index (κ2) is 6.30. The Morgan fingerprint density at radius 3 is 2.50 bits per heavy atom. The smallest absolute Gasteiger partial charge is 0.229 e. The zero-order valence-electron chi connectivity index (χ0n) is 13.2. The summed E-state index contributed by atoms with van der Waals surface area (Å²) in [6.45, 7) is 1.89. The lowest BCUT2D eigenvalue weighted by atomic mass is 10.1. The number of H-pyrrole nitrogens is 1. The van der Waals surface area contributed by atoms with Crippen molar-refractivity contribution in [3.8, 4) is 22.6 Å². The summed E-state index contributed by atoms with van der Waals surface area (Å²) < 4.78 is 25.7. The molecule has 0 aliphatic rings. The molecule has 1 heterocycles. The number of aryl methyl sites for hydroxylation is 1. The maximum absolute atomic E-state index is 11.6. The second-order valence-corrected chi connectivity index (χ2v) is 7.67. The van der Waals surface area contributed by atoms with E-state index in [0.717, 1.165) is 17.5 Å². The van der Waals surface area contributed by atoms with Gasteiger partial charge in [0.1, 0.15) is 5.82 Å². The van der Waals surface area contributed by atoms with Gasteiger partial charge < -0.3 is 4.98 Å². The Kier molecular flexibility index (Phi) is 4.34. The standard InChI is InChI=1S/C17H16ClN3O2S/c1-11-16(20-17(19-11)12-6-4-3-5-7-12)14-10-13(18)8-9-15(14)21-24(2,22)23/h3-10,21H,1-2H3,(H,19,20). The van der Waals surface area contributed by atoms with Gasteiger partial charge in [0, 0.05) is 21.8 Å². The van der Waals surface area contributed by atoms with Crippen LogP contribution in [-0.4, -0.2) is 24.6 Å². The van der Waals surface area contributed by atoms with Crippen molar-refractivity contribution in [2.75, 3.05) is 11.0 Å². The van der Waals surface area contributed by atoms with Crippen LogP contribution >= 0.6 is 11.6 Å². The van der Waals surface area contributed by atoms with Crippen LogP contribution < -0.4 is 4.72 Å². The highest BCUT2D eigenvalue weighted by Gasteiger charge is 2.16. The van der Waals surface area contributed by atoms with Gasteiger partial charge in [-0.15, -0.1) is 0 Å². The van der Waals surface area contributed by atoms with Crippen molar-refractivity contribution in [1.29, 1.82) is 0 Å². The molecule has 1 aromatic heterocycles. The highest BCUT2D eigenvalue weighted by atomic mass is 35.5. The van der Waals surface area contributed by atoms with E-state index in [0.29, 0.717) is 27.8 Å². The first-order valence-electron chi connectivity index (χ1n) is 7.23. The summed E-state index contributed by atoms with van der Waals surface area (Å²) >= 11 is 6.10. The summed E-state index contributed by atoms with van der Waals surface area (Å²) in [7, 11) is -3.41. The van der Waals surface area contributed by atoms with Gasteiger partial charge in [0.05, 0.1) is 17.6 Å². The molecule has 0 radical (unpaired) electrons. The number of hydrogen-bond acceptors (Lipinski definition) is 3. The molecule has 0 amide bonds. The zero-order valence-corrected chi connectivity index (χ0v) is 14.7. The minimum atomic E-state index is -3.41. The molecule has 0 aliphatic heterocycles. The van der Waals surface area contributed by atoms with E-state index in [9.17, 15) is 8.42 Å². The van der Waals surface area contributed by atoms with Gasteiger partial charge in [-0.3, -0.25) is 4.72 Å². The predicted octanol–water partition coefficient (Wildman–Crippen LogP) is 4.08. The SMILES string of the molecule is Cc1[nH]c(-c2ccccc2)nc1-c1cc(Cl)ccc1NS(C)(=O)=O. The van der Waals surface area contributed by atoms with E-state index < -0.39 is 10.0 Å². The average molecular weight is 362 g/mol. The normalized spacial score (nSPS) is 11.5. The molecular weight excluding hydrogens is 346 g/mol. The molecule has 5 nitrogen and oxygen atoms in total. The monoisotopic (exact) mass is 361 g/mol. The first-order valence-corrected chi connectivity index (χ1v) is 9.50. The summed E-state index contributed by atoms with van der Waals surface area (Å²) in [5, 5.41) is 0.507. The summed E-state index contributed by atoms with van der Waals surface area (Å²) in [4.78, 5) is 7.87. The molecule has 24 heavy (non-hydrogen) atoms. The Bertz CT molecular complexity index is 982. The molecule has 0 spiro atoms. The molecule has 0 atom stereocenters. The Balaban J connectivity index is 2.13. The fraction of sp³-hybridized carbons (Fsp3) is 0.118. The minimum Gasteiger partial charge on any atom is -0.342 e. The Labute approximate surface area is 145 Å². The van der Waals surface area contributed by atoms with Crippen molar-refractivity contribution in [1.82, 2.24) is 9.97 Å². The summed E-state index contributed by atoms with van der Waals surface area (Å²) in [6.07, 6.45) is 1.11. The fourth-order valence-corrected chi connectivity index (χ4v) is 3.21. The van der Waals surface area contributed by atoms with Crippen molar-refractivity contribution in [3.63, 3.8) is 0 Å². The van der Waals surface area contributed by atoms with Crippen LogP contribution in [0.25, 0.3) is 22.6 Å². The molecule has 0 saturated carbocycles. The number of anilines is 1. The van der Waals surface area contributed by atoms with Gasteiger partial charge in [0.2, 0.25) is 10.0 Å². The number of nitrogens with zero attached hydrogens (tertiary/aromatic N) is 1. The average Bonchev–Trinajstić information content (AvgIpc) is 2.90. The van der Waals surface area contributed by atoms with E-state index in [1.807, 2.05) is 37.3 Å². The molecular formula is C17H16ClN3O2S. The highest BCUT2D eigenvalue weighted by Crippen LogP contribution is 2.33. The number of aromatic amines is 1. The summed E-state index contributed by atoms with van der Waals surface area (Å²) in [5.41, 5.74) is 3.50. The number of aromatic nitrogens is 2. The van der Waals surface area contributed by atoms with Crippen LogP contribution in [0.4, 0.5) is 5.69 Å². The third-order valence-electron chi connectivity index (χ3n) is 3.46. The van der Waals surface area contributed by atoms with E-state index >= 15 is 0 Å². The lowest BCUT2D eigenvalue weighted by Crippen LogP contribution is -2.10. The zero-order chi connectivity index (χ0) is 17.3. The third kappa shape index (κ3) is 3.60.